The lowest BCUT2D eigenvalue weighted by Crippen LogP contribution is -2.55. The van der Waals surface area contributed by atoms with Crippen LogP contribution in [0, 0.1) is 5.41 Å². The molecule has 35 heavy (non-hydrogen) atoms. The first kappa shape index (κ1) is 26.5. The summed E-state index contributed by atoms with van der Waals surface area (Å²) in [6.45, 7) is 6.63. The summed E-state index contributed by atoms with van der Waals surface area (Å²) in [5, 5.41) is 2.52. The largest absolute Gasteiger partial charge is 0.489 e. The molecule has 1 aromatic rings. The third-order valence-corrected chi connectivity index (χ3v) is 6.98. The molecule has 4 rings (SSSR count). The molecule has 2 bridgehead atoms. The van der Waals surface area contributed by atoms with E-state index in [2.05, 4.69) is 16.2 Å². The van der Waals surface area contributed by atoms with Crippen molar-refractivity contribution in [1.29, 1.82) is 0 Å². The highest BCUT2D eigenvalue weighted by atomic mass is 19.1. The number of hydrazine groups is 1. The van der Waals surface area contributed by atoms with E-state index in [4.69, 9.17) is 9.47 Å². The molecule has 3 fully saturated rings. The van der Waals surface area contributed by atoms with Gasteiger partial charge in [-0.1, -0.05) is 12.1 Å². The van der Waals surface area contributed by atoms with Crippen LogP contribution in [0.1, 0.15) is 71.8 Å². The molecule has 0 aliphatic heterocycles. The normalized spacial score (nSPS) is 23.9. The molecule has 0 radical (unpaired) electrons. The standard InChI is InChI=1S/C26H36FN3O5/c1-18(31)29-30-22(32)26-12-9-25(10-13-26,11-14-26)20-5-7-21(8-6-20)34-17-19(15-27)16-28-23(33)35-24(2,3)4/h5-8,15H,9-14,16-17H2,1-4H3,(H,28,33)(H,29,31)(H,30,32)/b19-15+. The van der Waals surface area contributed by atoms with E-state index in [1.165, 1.54) is 12.5 Å². The van der Waals surface area contributed by atoms with Crippen molar-refractivity contribution in [2.24, 2.45) is 5.41 Å². The second-order valence-electron chi connectivity index (χ2n) is 10.6. The molecule has 3 aliphatic carbocycles. The lowest BCUT2D eigenvalue weighted by atomic mass is 9.51. The second kappa shape index (κ2) is 10.7. The highest BCUT2D eigenvalue weighted by molar-refractivity contribution is 5.85. The Kier molecular flexibility index (Phi) is 8.07. The summed E-state index contributed by atoms with van der Waals surface area (Å²) in [6, 6.07) is 7.84. The van der Waals surface area contributed by atoms with Gasteiger partial charge in [0, 0.05) is 19.0 Å². The van der Waals surface area contributed by atoms with E-state index in [9.17, 15) is 18.8 Å². The highest BCUT2D eigenvalue weighted by Gasteiger charge is 2.52. The molecule has 8 nitrogen and oxygen atoms in total. The second-order valence-corrected chi connectivity index (χ2v) is 10.6. The molecule has 0 aromatic heterocycles. The third-order valence-electron chi connectivity index (χ3n) is 6.98. The van der Waals surface area contributed by atoms with Crippen molar-refractivity contribution in [2.75, 3.05) is 13.2 Å². The van der Waals surface area contributed by atoms with Crippen LogP contribution in [0.25, 0.3) is 0 Å². The Labute approximate surface area is 206 Å². The summed E-state index contributed by atoms with van der Waals surface area (Å²) in [4.78, 5) is 35.5. The number of fused-ring (bicyclic) bond motifs is 3. The van der Waals surface area contributed by atoms with Crippen LogP contribution in [0.2, 0.25) is 0 Å². The fourth-order valence-electron chi connectivity index (χ4n) is 4.94. The lowest BCUT2D eigenvalue weighted by Gasteiger charge is -2.52. The van der Waals surface area contributed by atoms with Crippen LogP contribution < -0.4 is 20.9 Å². The van der Waals surface area contributed by atoms with E-state index in [-0.39, 0.29) is 36.0 Å². The average Bonchev–Trinajstić information content (AvgIpc) is 2.83. The van der Waals surface area contributed by atoms with E-state index >= 15 is 0 Å². The molecule has 3 saturated carbocycles. The first-order valence-electron chi connectivity index (χ1n) is 12.0. The van der Waals surface area contributed by atoms with E-state index in [0.29, 0.717) is 12.1 Å². The van der Waals surface area contributed by atoms with E-state index < -0.39 is 17.1 Å². The minimum atomic E-state index is -0.626. The molecule has 1 aromatic carbocycles. The summed E-state index contributed by atoms with van der Waals surface area (Å²) < 4.78 is 24.1. The van der Waals surface area contributed by atoms with Crippen LogP contribution in [-0.4, -0.2) is 36.7 Å². The fraction of sp³-hybridized carbons (Fsp3) is 0.577. The topological polar surface area (TPSA) is 106 Å². The van der Waals surface area contributed by atoms with Crippen LogP contribution >= 0.6 is 0 Å². The zero-order valence-corrected chi connectivity index (χ0v) is 21.0. The van der Waals surface area contributed by atoms with Gasteiger partial charge in [0.2, 0.25) is 11.8 Å². The van der Waals surface area contributed by atoms with Gasteiger partial charge in [-0.2, -0.15) is 0 Å². The van der Waals surface area contributed by atoms with Crippen LogP contribution in [0.15, 0.2) is 36.2 Å². The van der Waals surface area contributed by atoms with Crippen LogP contribution in [0.3, 0.4) is 0 Å². The summed E-state index contributed by atoms with van der Waals surface area (Å²) in [7, 11) is 0. The van der Waals surface area contributed by atoms with Crippen LogP contribution in [0.5, 0.6) is 5.75 Å². The minimum Gasteiger partial charge on any atom is -0.489 e. The molecule has 3 aliphatic rings. The van der Waals surface area contributed by atoms with Crippen molar-refractivity contribution in [2.45, 2.75) is 77.2 Å². The maximum atomic E-state index is 13.2. The van der Waals surface area contributed by atoms with Crippen molar-refractivity contribution in [1.82, 2.24) is 16.2 Å². The fourth-order valence-corrected chi connectivity index (χ4v) is 4.94. The number of carbonyl (C=O) groups excluding carboxylic acids is 3. The van der Waals surface area contributed by atoms with Gasteiger partial charge < -0.3 is 14.8 Å². The molecule has 0 spiro atoms. The number of benzene rings is 1. The Morgan fingerprint density at radius 1 is 1.00 bits per heavy atom. The van der Waals surface area contributed by atoms with E-state index in [1.807, 2.05) is 24.3 Å². The smallest absolute Gasteiger partial charge is 0.407 e. The monoisotopic (exact) mass is 489 g/mol. The number of hydrogen-bond donors (Lipinski definition) is 3. The van der Waals surface area contributed by atoms with Gasteiger partial charge in [0.15, 0.2) is 0 Å². The van der Waals surface area contributed by atoms with Gasteiger partial charge in [0.1, 0.15) is 18.0 Å². The number of rotatable bonds is 7. The first-order chi connectivity index (χ1) is 16.5. The van der Waals surface area contributed by atoms with Crippen molar-refractivity contribution >= 4 is 17.9 Å². The first-order valence-corrected chi connectivity index (χ1v) is 12.0. The molecule has 3 N–H and O–H groups in total. The van der Waals surface area contributed by atoms with E-state index in [1.54, 1.807) is 20.8 Å². The predicted octanol–water partition coefficient (Wildman–Crippen LogP) is 4.20. The molecule has 3 amide bonds. The predicted molar refractivity (Wildman–Crippen MR) is 129 cm³/mol. The average molecular weight is 490 g/mol. The molecule has 0 saturated heterocycles. The molecular weight excluding hydrogens is 453 g/mol. The molecule has 9 heteroatoms. The SMILES string of the molecule is CC(=O)NNC(=O)C12CCC(c3ccc(OC/C(=C/F)CNC(=O)OC(C)(C)C)cc3)(CC1)CC2. The van der Waals surface area contributed by atoms with Crippen molar-refractivity contribution in [3.63, 3.8) is 0 Å². The molecular formula is C26H36FN3O5. The van der Waals surface area contributed by atoms with Crippen LogP contribution in [-0.2, 0) is 19.7 Å². The van der Waals surface area contributed by atoms with Gasteiger partial charge in [0.25, 0.3) is 0 Å². The number of nitrogens with one attached hydrogen (secondary N) is 3. The Hall–Kier alpha value is -3.10. The number of alkyl carbamates (subject to hydrolysis) is 1. The van der Waals surface area contributed by atoms with Gasteiger partial charge >= 0.3 is 6.09 Å². The number of carbonyl (C=O) groups is 3. The number of hydrogen-bond acceptors (Lipinski definition) is 5. The quantitative estimate of drug-likeness (QED) is 0.498. The maximum absolute atomic E-state index is 13.2. The van der Waals surface area contributed by atoms with Gasteiger partial charge in [-0.25, -0.2) is 9.18 Å². The third kappa shape index (κ3) is 6.74. The summed E-state index contributed by atoms with van der Waals surface area (Å²) in [5.74, 6) is 0.228. The Morgan fingerprint density at radius 2 is 1.60 bits per heavy atom. The zero-order valence-electron chi connectivity index (χ0n) is 21.0. The van der Waals surface area contributed by atoms with E-state index in [0.717, 1.165) is 38.5 Å². The summed E-state index contributed by atoms with van der Waals surface area (Å²) >= 11 is 0. The minimum absolute atomic E-state index is 0.00270. The summed E-state index contributed by atoms with van der Waals surface area (Å²) in [5.41, 5.74) is 5.47. The van der Waals surface area contributed by atoms with Gasteiger partial charge in [-0.05, 0) is 82.4 Å². The molecule has 192 valence electrons. The van der Waals surface area contributed by atoms with Gasteiger partial charge in [-0.3, -0.25) is 20.4 Å². The Bertz CT molecular complexity index is 944. The van der Waals surface area contributed by atoms with Crippen molar-refractivity contribution in [3.05, 3.63) is 41.7 Å². The number of halogens is 1. The summed E-state index contributed by atoms with van der Waals surface area (Å²) in [6.07, 6.45) is 4.90. The number of amides is 3. The molecule has 0 heterocycles. The molecule has 0 atom stereocenters. The Morgan fingerprint density at radius 3 is 2.11 bits per heavy atom. The maximum Gasteiger partial charge on any atom is 0.407 e. The van der Waals surface area contributed by atoms with Crippen molar-refractivity contribution < 1.29 is 28.2 Å². The molecule has 0 unspecified atom stereocenters. The lowest BCUT2D eigenvalue weighted by molar-refractivity contribution is -0.141. The van der Waals surface area contributed by atoms with Crippen molar-refractivity contribution in [3.8, 4) is 5.75 Å². The number of ether oxygens (including phenoxy) is 2. The van der Waals surface area contributed by atoms with Gasteiger partial charge in [0.05, 0.1) is 11.7 Å². The van der Waals surface area contributed by atoms with Crippen LogP contribution in [0.4, 0.5) is 9.18 Å². The Balaban J connectivity index is 1.51. The zero-order chi connectivity index (χ0) is 25.7. The van der Waals surface area contributed by atoms with Gasteiger partial charge in [-0.15, -0.1) is 0 Å². The highest BCUT2D eigenvalue weighted by Crippen LogP contribution is 2.57.